The summed E-state index contributed by atoms with van der Waals surface area (Å²) in [6.07, 6.45) is 0. The quantitative estimate of drug-likeness (QED) is 0.404. The van der Waals surface area contributed by atoms with Gasteiger partial charge in [0, 0.05) is 13.1 Å². The lowest BCUT2D eigenvalue weighted by Crippen LogP contribution is -2.35. The van der Waals surface area contributed by atoms with Gasteiger partial charge in [-0.15, -0.1) is 0 Å². The average molecular weight is 455 g/mol. The third-order valence-corrected chi connectivity index (χ3v) is 5.83. The number of rotatable bonds is 6. The lowest BCUT2D eigenvalue weighted by Gasteiger charge is -2.27. The fourth-order valence-corrected chi connectivity index (χ4v) is 3.91. The fourth-order valence-electron chi connectivity index (χ4n) is 3.91. The monoisotopic (exact) mass is 454 g/mol. The Bertz CT molecular complexity index is 1080. The van der Waals surface area contributed by atoms with Crippen LogP contribution in [0.4, 0.5) is 4.39 Å². The van der Waals surface area contributed by atoms with Crippen molar-refractivity contribution in [3.63, 3.8) is 0 Å². The van der Waals surface area contributed by atoms with Gasteiger partial charge in [0.25, 0.3) is 11.7 Å². The number of likely N-dealkylation sites (N-methyl/N-ethyl adjacent to an activating group) is 1. The summed E-state index contributed by atoms with van der Waals surface area (Å²) >= 11 is 0. The van der Waals surface area contributed by atoms with Crippen LogP contribution in [-0.4, -0.2) is 60.9 Å². The molecule has 2 aromatic carbocycles. The van der Waals surface area contributed by atoms with E-state index in [9.17, 15) is 19.1 Å². The zero-order valence-electron chi connectivity index (χ0n) is 20.0. The second kappa shape index (κ2) is 9.35. The zero-order chi connectivity index (χ0) is 24.5. The van der Waals surface area contributed by atoms with Gasteiger partial charge in [-0.25, -0.2) is 4.39 Å². The van der Waals surface area contributed by atoms with E-state index in [0.29, 0.717) is 23.4 Å². The number of carbonyl (C=O) groups is 2. The van der Waals surface area contributed by atoms with E-state index >= 15 is 0 Å². The molecular weight excluding hydrogens is 423 g/mol. The first-order chi connectivity index (χ1) is 15.5. The van der Waals surface area contributed by atoms with Crippen LogP contribution in [0.1, 0.15) is 43.5 Å². The second-order valence-electron chi connectivity index (χ2n) is 9.51. The van der Waals surface area contributed by atoms with Gasteiger partial charge >= 0.3 is 0 Å². The fraction of sp³-hybridized carbons (Fsp3) is 0.385. The smallest absolute Gasteiger partial charge is 0.295 e. The van der Waals surface area contributed by atoms with Crippen molar-refractivity contribution in [2.75, 3.05) is 34.3 Å². The standard InChI is InChI=1S/C26H31FN2O4/c1-26(2,3)17-9-12-20(33-6)19(15-17)23(30)21-22(16-7-10-18(27)11-8-16)29(14-13-28(4)5)25(32)24(21)31/h7-12,15,22,30H,13-14H2,1-6H3/b23-21+. The molecule has 33 heavy (non-hydrogen) atoms. The number of methoxy groups -OCH3 is 1. The summed E-state index contributed by atoms with van der Waals surface area (Å²) in [4.78, 5) is 29.5. The van der Waals surface area contributed by atoms with Crippen LogP contribution in [0.15, 0.2) is 48.0 Å². The predicted molar refractivity (Wildman–Crippen MR) is 126 cm³/mol. The molecule has 1 unspecified atom stereocenters. The molecule has 0 aromatic heterocycles. The van der Waals surface area contributed by atoms with Crippen LogP contribution in [0.3, 0.4) is 0 Å². The molecule has 176 valence electrons. The van der Waals surface area contributed by atoms with Gasteiger partial charge in [0.15, 0.2) is 0 Å². The van der Waals surface area contributed by atoms with Gasteiger partial charge in [-0.3, -0.25) is 9.59 Å². The molecule has 1 heterocycles. The number of likely N-dealkylation sites (tertiary alicyclic amines) is 1. The zero-order valence-corrected chi connectivity index (χ0v) is 20.0. The minimum Gasteiger partial charge on any atom is -0.507 e. The molecule has 2 aromatic rings. The Morgan fingerprint density at radius 2 is 1.76 bits per heavy atom. The molecule has 6 nitrogen and oxygen atoms in total. The molecule has 0 spiro atoms. The highest BCUT2D eigenvalue weighted by atomic mass is 19.1. The summed E-state index contributed by atoms with van der Waals surface area (Å²) in [5, 5.41) is 11.4. The van der Waals surface area contributed by atoms with Crippen molar-refractivity contribution < 1.29 is 23.8 Å². The molecule has 7 heteroatoms. The van der Waals surface area contributed by atoms with Gasteiger partial charge in [0.05, 0.1) is 24.3 Å². The molecule has 0 bridgehead atoms. The molecule has 0 radical (unpaired) electrons. The van der Waals surface area contributed by atoms with E-state index in [4.69, 9.17) is 4.74 Å². The summed E-state index contributed by atoms with van der Waals surface area (Å²) in [5.74, 6) is -1.82. The highest BCUT2D eigenvalue weighted by molar-refractivity contribution is 6.46. The summed E-state index contributed by atoms with van der Waals surface area (Å²) in [5.41, 5.74) is 1.57. The SMILES string of the molecule is COc1ccc(C(C)(C)C)cc1/C(O)=C1\C(=O)C(=O)N(CCN(C)C)C1c1ccc(F)cc1. The van der Waals surface area contributed by atoms with Gasteiger partial charge in [-0.05, 0) is 54.9 Å². The number of Topliss-reactive ketones (excluding diaryl/α,β-unsaturated/α-hetero) is 1. The Balaban J connectivity index is 2.24. The number of amides is 1. The number of carbonyl (C=O) groups excluding carboxylic acids is 2. The van der Waals surface area contributed by atoms with Crippen molar-refractivity contribution in [1.29, 1.82) is 0 Å². The van der Waals surface area contributed by atoms with Gasteiger partial charge in [-0.2, -0.15) is 0 Å². The Labute approximate surface area is 194 Å². The number of halogens is 1. The molecule has 3 rings (SSSR count). The van der Waals surface area contributed by atoms with E-state index < -0.39 is 23.5 Å². The lowest BCUT2D eigenvalue weighted by molar-refractivity contribution is -0.140. The van der Waals surface area contributed by atoms with E-state index in [1.165, 1.54) is 36.3 Å². The lowest BCUT2D eigenvalue weighted by atomic mass is 9.85. The van der Waals surface area contributed by atoms with Crippen LogP contribution in [-0.2, 0) is 15.0 Å². The number of ether oxygens (including phenoxy) is 1. The van der Waals surface area contributed by atoms with E-state index in [0.717, 1.165) is 5.56 Å². The largest absolute Gasteiger partial charge is 0.507 e. The molecule has 1 aliphatic heterocycles. The molecular formula is C26H31FN2O4. The number of nitrogens with zero attached hydrogens (tertiary/aromatic N) is 2. The first-order valence-corrected chi connectivity index (χ1v) is 10.8. The topological polar surface area (TPSA) is 70.1 Å². The number of hydrogen-bond donors (Lipinski definition) is 1. The molecule has 1 saturated heterocycles. The van der Waals surface area contributed by atoms with Crippen LogP contribution in [0.25, 0.3) is 5.76 Å². The third kappa shape index (κ3) is 4.93. The average Bonchev–Trinajstić information content (AvgIpc) is 3.01. The summed E-state index contributed by atoms with van der Waals surface area (Å²) in [7, 11) is 5.22. The summed E-state index contributed by atoms with van der Waals surface area (Å²) < 4.78 is 19.1. The molecule has 1 fully saturated rings. The van der Waals surface area contributed by atoms with E-state index in [1.54, 1.807) is 12.1 Å². The van der Waals surface area contributed by atoms with Crippen molar-refractivity contribution in [3.8, 4) is 5.75 Å². The van der Waals surface area contributed by atoms with Crippen LogP contribution < -0.4 is 4.74 Å². The van der Waals surface area contributed by atoms with Gasteiger partial charge in [0.1, 0.15) is 17.3 Å². The Morgan fingerprint density at radius 3 is 2.30 bits per heavy atom. The maximum absolute atomic E-state index is 13.6. The van der Waals surface area contributed by atoms with Gasteiger partial charge in [-0.1, -0.05) is 39.0 Å². The molecule has 1 aliphatic rings. The Morgan fingerprint density at radius 1 is 1.12 bits per heavy atom. The highest BCUT2D eigenvalue weighted by Gasteiger charge is 2.46. The van der Waals surface area contributed by atoms with Crippen molar-refractivity contribution in [1.82, 2.24) is 9.80 Å². The predicted octanol–water partition coefficient (Wildman–Crippen LogP) is 4.12. The summed E-state index contributed by atoms with van der Waals surface area (Å²) in [6, 6.07) is 10.2. The number of aliphatic hydroxyl groups is 1. The van der Waals surface area contributed by atoms with Crippen molar-refractivity contribution in [2.45, 2.75) is 32.2 Å². The molecule has 0 saturated carbocycles. The maximum Gasteiger partial charge on any atom is 0.295 e. The van der Waals surface area contributed by atoms with Crippen molar-refractivity contribution >= 4 is 17.4 Å². The Hall–Kier alpha value is -3.19. The second-order valence-corrected chi connectivity index (χ2v) is 9.51. The van der Waals surface area contributed by atoms with Crippen LogP contribution in [0, 0.1) is 5.82 Å². The van der Waals surface area contributed by atoms with E-state index in [1.807, 2.05) is 45.8 Å². The molecule has 1 amide bonds. The minimum atomic E-state index is -0.839. The number of hydrogen-bond acceptors (Lipinski definition) is 5. The molecule has 1 atom stereocenters. The number of ketones is 1. The van der Waals surface area contributed by atoms with Crippen molar-refractivity contribution in [2.24, 2.45) is 0 Å². The number of benzene rings is 2. The minimum absolute atomic E-state index is 0.0327. The maximum atomic E-state index is 13.6. The highest BCUT2D eigenvalue weighted by Crippen LogP contribution is 2.41. The van der Waals surface area contributed by atoms with E-state index in [2.05, 4.69) is 0 Å². The van der Waals surface area contributed by atoms with Crippen LogP contribution in [0.5, 0.6) is 5.75 Å². The van der Waals surface area contributed by atoms with E-state index in [-0.39, 0.29) is 23.3 Å². The molecule has 0 aliphatic carbocycles. The Kier molecular flexibility index (Phi) is 6.93. The summed E-state index contributed by atoms with van der Waals surface area (Å²) in [6.45, 7) is 6.91. The normalized spacial score (nSPS) is 18.3. The van der Waals surface area contributed by atoms with Crippen molar-refractivity contribution in [3.05, 3.63) is 70.5 Å². The van der Waals surface area contributed by atoms with Crippen LogP contribution >= 0.6 is 0 Å². The van der Waals surface area contributed by atoms with Gasteiger partial charge in [0.2, 0.25) is 0 Å². The third-order valence-electron chi connectivity index (χ3n) is 5.83. The van der Waals surface area contributed by atoms with Crippen LogP contribution in [0.2, 0.25) is 0 Å². The first kappa shape index (κ1) is 24.5. The molecule has 1 N–H and O–H groups in total. The van der Waals surface area contributed by atoms with Gasteiger partial charge < -0.3 is 19.6 Å². The number of aliphatic hydroxyl groups excluding tert-OH is 1. The first-order valence-electron chi connectivity index (χ1n) is 10.8.